The number of hydrogen-bond donors (Lipinski definition) is 2. The normalized spacial score (nSPS) is 11.4. The van der Waals surface area contributed by atoms with Crippen molar-refractivity contribution >= 4 is 17.1 Å². The Morgan fingerprint density at radius 2 is 1.68 bits per heavy atom. The maximum absolute atomic E-state index is 13.4. The molecule has 0 spiro atoms. The lowest BCUT2D eigenvalue weighted by Gasteiger charge is -2.09. The van der Waals surface area contributed by atoms with E-state index in [1.807, 2.05) is 24.3 Å². The second-order valence-electron chi connectivity index (χ2n) is 6.62. The Kier molecular flexibility index (Phi) is 5.52. The first-order valence-electron chi connectivity index (χ1n) is 9.18. The molecule has 0 bridgehead atoms. The minimum Gasteiger partial charge on any atom is -0.379 e. The lowest BCUT2D eigenvalue weighted by molar-refractivity contribution is -0.141. The summed E-state index contributed by atoms with van der Waals surface area (Å²) in [6, 6.07) is 15.8. The molecule has 6 nitrogen and oxygen atoms in total. The van der Waals surface area contributed by atoms with Gasteiger partial charge in [0.2, 0.25) is 0 Å². The highest BCUT2D eigenvalue weighted by Gasteiger charge is 2.32. The lowest BCUT2D eigenvalue weighted by Crippen LogP contribution is -2.09. The predicted molar refractivity (Wildman–Crippen MR) is 108 cm³/mol. The zero-order chi connectivity index (χ0) is 21.8. The molecule has 31 heavy (non-hydrogen) atoms. The molecule has 0 fully saturated rings. The summed E-state index contributed by atoms with van der Waals surface area (Å²) >= 11 is 0. The molecule has 0 unspecified atom stereocenters. The molecule has 158 valence electrons. The minimum atomic E-state index is -4.51. The fourth-order valence-corrected chi connectivity index (χ4v) is 2.85. The maximum atomic E-state index is 13.4. The van der Waals surface area contributed by atoms with E-state index in [-0.39, 0.29) is 18.0 Å². The van der Waals surface area contributed by atoms with Crippen LogP contribution in [0.15, 0.2) is 73.1 Å². The van der Waals surface area contributed by atoms with Crippen molar-refractivity contribution in [1.29, 1.82) is 0 Å². The van der Waals surface area contributed by atoms with Gasteiger partial charge in [0.15, 0.2) is 0 Å². The summed E-state index contributed by atoms with van der Waals surface area (Å²) in [7, 11) is 0. The molecular formula is C21H16F4N6. The molecule has 0 saturated heterocycles. The topological polar surface area (TPSA) is 67.7 Å². The van der Waals surface area contributed by atoms with Gasteiger partial charge in [-0.3, -0.25) is 4.98 Å². The number of aromatic nitrogens is 4. The maximum Gasteiger partial charge on any atom is 0.433 e. The standard InChI is InChI=1S/C21H16F4N6/c22-14-3-1-4-16(9-14)28-17-5-2-6-19(10-17)31-13-18(29-30-31)12-27-15-7-8-26-20(11-15)21(23,24)25/h1-11,13,28H,12H2,(H,26,27). The third-order valence-electron chi connectivity index (χ3n) is 4.29. The second kappa shape index (κ2) is 8.42. The molecule has 0 amide bonds. The van der Waals surface area contributed by atoms with Crippen LogP contribution in [0.1, 0.15) is 11.4 Å². The smallest absolute Gasteiger partial charge is 0.379 e. The van der Waals surface area contributed by atoms with Crippen LogP contribution in [0.5, 0.6) is 0 Å². The average molecular weight is 428 g/mol. The Labute approximate surface area is 174 Å². The van der Waals surface area contributed by atoms with E-state index in [1.54, 1.807) is 23.0 Å². The van der Waals surface area contributed by atoms with Gasteiger partial charge in [0, 0.05) is 23.3 Å². The summed E-state index contributed by atoms with van der Waals surface area (Å²) in [6.07, 6.45) is -1.75. The molecule has 4 aromatic rings. The van der Waals surface area contributed by atoms with E-state index in [0.717, 1.165) is 18.0 Å². The summed E-state index contributed by atoms with van der Waals surface area (Å²) in [5.41, 5.74) is 1.89. The van der Waals surface area contributed by atoms with Gasteiger partial charge in [0.25, 0.3) is 0 Å². The molecule has 2 N–H and O–H groups in total. The number of benzene rings is 2. The molecule has 4 rings (SSSR count). The van der Waals surface area contributed by atoms with Crippen molar-refractivity contribution in [3.63, 3.8) is 0 Å². The van der Waals surface area contributed by atoms with E-state index >= 15 is 0 Å². The van der Waals surface area contributed by atoms with E-state index in [2.05, 4.69) is 25.9 Å². The SMILES string of the molecule is Fc1cccc(Nc2cccc(-n3cc(CNc4ccnc(C(F)(F)F)c4)nn3)c2)c1. The summed E-state index contributed by atoms with van der Waals surface area (Å²) in [5, 5.41) is 14.1. The van der Waals surface area contributed by atoms with Crippen LogP contribution >= 0.6 is 0 Å². The van der Waals surface area contributed by atoms with Gasteiger partial charge in [-0.15, -0.1) is 5.10 Å². The average Bonchev–Trinajstić information content (AvgIpc) is 3.21. The predicted octanol–water partition coefficient (Wildman–Crippen LogP) is 5.18. The first-order chi connectivity index (χ1) is 14.9. The van der Waals surface area contributed by atoms with Gasteiger partial charge >= 0.3 is 6.18 Å². The highest BCUT2D eigenvalue weighted by atomic mass is 19.4. The first kappa shape index (κ1) is 20.3. The van der Waals surface area contributed by atoms with Gasteiger partial charge in [-0.2, -0.15) is 13.2 Å². The minimum absolute atomic E-state index is 0.183. The fourth-order valence-electron chi connectivity index (χ4n) is 2.85. The van der Waals surface area contributed by atoms with Gasteiger partial charge in [-0.05, 0) is 48.5 Å². The van der Waals surface area contributed by atoms with E-state index in [4.69, 9.17) is 0 Å². The zero-order valence-electron chi connectivity index (χ0n) is 15.9. The van der Waals surface area contributed by atoms with Gasteiger partial charge < -0.3 is 10.6 Å². The van der Waals surface area contributed by atoms with Gasteiger partial charge in [-0.1, -0.05) is 17.3 Å². The van der Waals surface area contributed by atoms with Crippen LogP contribution in [-0.4, -0.2) is 20.0 Å². The van der Waals surface area contributed by atoms with E-state index in [0.29, 0.717) is 17.1 Å². The van der Waals surface area contributed by atoms with Crippen LogP contribution in [0.4, 0.5) is 34.6 Å². The molecule has 0 aliphatic rings. The quantitative estimate of drug-likeness (QED) is 0.415. The number of pyridine rings is 1. The summed E-state index contributed by atoms with van der Waals surface area (Å²) in [6.45, 7) is 0.183. The van der Waals surface area contributed by atoms with Crippen LogP contribution < -0.4 is 10.6 Å². The van der Waals surface area contributed by atoms with Crippen molar-refractivity contribution in [3.05, 3.63) is 90.3 Å². The molecule has 0 radical (unpaired) electrons. The summed E-state index contributed by atoms with van der Waals surface area (Å²) in [5.74, 6) is -0.342. The number of rotatable bonds is 6. The molecule has 2 aromatic heterocycles. The summed E-state index contributed by atoms with van der Waals surface area (Å²) in [4.78, 5) is 3.33. The number of nitrogens with zero attached hydrogens (tertiary/aromatic N) is 4. The molecule has 10 heteroatoms. The van der Waals surface area contributed by atoms with Crippen LogP contribution in [-0.2, 0) is 12.7 Å². The first-order valence-corrected chi connectivity index (χ1v) is 9.18. The number of anilines is 3. The Morgan fingerprint density at radius 3 is 2.45 bits per heavy atom. The zero-order valence-corrected chi connectivity index (χ0v) is 15.9. The van der Waals surface area contributed by atoms with Crippen LogP contribution in [0.3, 0.4) is 0 Å². The van der Waals surface area contributed by atoms with Crippen molar-refractivity contribution in [1.82, 2.24) is 20.0 Å². The number of nitrogens with one attached hydrogen (secondary N) is 2. The Bertz CT molecular complexity index is 1190. The Morgan fingerprint density at radius 1 is 0.903 bits per heavy atom. The molecule has 0 aliphatic carbocycles. The lowest BCUT2D eigenvalue weighted by atomic mass is 10.2. The van der Waals surface area contributed by atoms with E-state index < -0.39 is 11.9 Å². The third kappa shape index (κ3) is 5.16. The molecular weight excluding hydrogens is 412 g/mol. The Hall–Kier alpha value is -3.95. The molecule has 0 saturated carbocycles. The highest BCUT2D eigenvalue weighted by Crippen LogP contribution is 2.29. The van der Waals surface area contributed by atoms with Gasteiger partial charge in [0.1, 0.15) is 17.2 Å². The largest absolute Gasteiger partial charge is 0.433 e. The monoisotopic (exact) mass is 428 g/mol. The van der Waals surface area contributed by atoms with Crippen LogP contribution in [0, 0.1) is 5.82 Å². The highest BCUT2D eigenvalue weighted by molar-refractivity contribution is 5.62. The van der Waals surface area contributed by atoms with Crippen molar-refractivity contribution < 1.29 is 17.6 Å². The van der Waals surface area contributed by atoms with Crippen molar-refractivity contribution in [3.8, 4) is 5.69 Å². The second-order valence-corrected chi connectivity index (χ2v) is 6.62. The molecule has 2 heterocycles. The number of alkyl halides is 3. The number of halogens is 4. The number of hydrogen-bond acceptors (Lipinski definition) is 5. The molecule has 2 aromatic carbocycles. The van der Waals surface area contributed by atoms with Crippen molar-refractivity contribution in [2.45, 2.75) is 12.7 Å². The Balaban J connectivity index is 1.44. The van der Waals surface area contributed by atoms with Crippen molar-refractivity contribution in [2.75, 3.05) is 10.6 Å². The van der Waals surface area contributed by atoms with Crippen LogP contribution in [0.2, 0.25) is 0 Å². The fraction of sp³-hybridized carbons (Fsp3) is 0.0952. The van der Waals surface area contributed by atoms with Gasteiger partial charge in [-0.25, -0.2) is 9.07 Å². The molecule has 0 aliphatic heterocycles. The van der Waals surface area contributed by atoms with Gasteiger partial charge in [0.05, 0.1) is 18.4 Å². The third-order valence-corrected chi connectivity index (χ3v) is 4.29. The van der Waals surface area contributed by atoms with Crippen molar-refractivity contribution in [2.24, 2.45) is 0 Å². The summed E-state index contributed by atoms with van der Waals surface area (Å²) < 4.78 is 53.2. The van der Waals surface area contributed by atoms with Crippen LogP contribution in [0.25, 0.3) is 5.69 Å². The van der Waals surface area contributed by atoms with E-state index in [9.17, 15) is 17.6 Å². The molecule has 0 atom stereocenters. The van der Waals surface area contributed by atoms with E-state index in [1.165, 1.54) is 18.2 Å².